The number of likely N-dealkylation sites (tertiary alicyclic amines) is 2. The van der Waals surface area contributed by atoms with Crippen molar-refractivity contribution in [2.75, 3.05) is 26.2 Å². The van der Waals surface area contributed by atoms with E-state index in [2.05, 4.69) is 41.7 Å². The number of rotatable bonds is 15. The molecule has 13 heteroatoms. The molecule has 0 spiro atoms. The van der Waals surface area contributed by atoms with Crippen LogP contribution in [0.15, 0.2) is 12.7 Å². The molecule has 12 nitrogen and oxygen atoms in total. The molecule has 53 heavy (non-hydrogen) atoms. The van der Waals surface area contributed by atoms with E-state index in [0.29, 0.717) is 51.2 Å². The van der Waals surface area contributed by atoms with Crippen LogP contribution in [0.25, 0.3) is 0 Å². The van der Waals surface area contributed by atoms with Crippen LogP contribution in [0.5, 0.6) is 0 Å². The number of urea groups is 1. The summed E-state index contributed by atoms with van der Waals surface area (Å²) in [5, 5.41) is 11.5. The Bertz CT molecular complexity index is 1230. The summed E-state index contributed by atoms with van der Waals surface area (Å²) < 4.78 is 0. The molecule has 4 N–H and O–H groups in total. The fourth-order valence-corrected chi connectivity index (χ4v) is 7.61. The molecule has 4 aliphatic rings. The summed E-state index contributed by atoms with van der Waals surface area (Å²) in [6.45, 7) is 15.5. The number of piperidine rings is 1. The number of nitrogens with one attached hydrogen (secondary N) is 4. The van der Waals surface area contributed by atoms with Gasteiger partial charge in [-0.3, -0.25) is 24.0 Å². The van der Waals surface area contributed by atoms with E-state index in [1.807, 2.05) is 25.7 Å². The number of hydrogen-bond acceptors (Lipinski definition) is 6. The molecule has 2 heterocycles. The van der Waals surface area contributed by atoms with Gasteiger partial charge in [-0.1, -0.05) is 85.6 Å². The smallest absolute Gasteiger partial charge is 0.315 e. The molecule has 0 bridgehead atoms. The second kappa shape index (κ2) is 23.2. The number of Topliss-reactive ketones (excluding diaryl/α,β-unsaturated/α-hetero) is 1. The van der Waals surface area contributed by atoms with E-state index in [0.717, 1.165) is 70.6 Å². The third-order valence-corrected chi connectivity index (χ3v) is 11.0. The van der Waals surface area contributed by atoms with E-state index in [4.69, 9.17) is 0 Å². The van der Waals surface area contributed by atoms with Gasteiger partial charge in [0.25, 0.3) is 5.91 Å². The minimum Gasteiger partial charge on any atom is -0.346 e. The van der Waals surface area contributed by atoms with Gasteiger partial charge in [0.2, 0.25) is 23.5 Å². The molecule has 4 rings (SSSR count). The molecule has 2 saturated carbocycles. The number of hydrogen-bond donors (Lipinski definition) is 4. The maximum Gasteiger partial charge on any atom is 0.315 e. The maximum atomic E-state index is 14.4. The number of carbonyl (C=O) groups excluding carboxylic acids is 6. The molecule has 0 aromatic rings. The first-order chi connectivity index (χ1) is 24.8. The minimum absolute atomic E-state index is 0. The van der Waals surface area contributed by atoms with Crippen LogP contribution < -0.4 is 21.3 Å². The van der Waals surface area contributed by atoms with E-state index in [1.165, 1.54) is 12.5 Å². The van der Waals surface area contributed by atoms with Crippen LogP contribution in [0.1, 0.15) is 137 Å². The van der Waals surface area contributed by atoms with Gasteiger partial charge in [0.1, 0.15) is 12.1 Å². The first-order valence-corrected chi connectivity index (χ1v) is 20.2. The largest absolute Gasteiger partial charge is 0.346 e. The summed E-state index contributed by atoms with van der Waals surface area (Å²) in [6, 6.07) is -3.38. The normalized spacial score (nSPS) is 21.0. The van der Waals surface area contributed by atoms with Gasteiger partial charge in [-0.15, -0.1) is 6.58 Å². The van der Waals surface area contributed by atoms with Crippen molar-refractivity contribution in [2.24, 2.45) is 17.3 Å². The van der Waals surface area contributed by atoms with Crippen molar-refractivity contribution < 1.29 is 47.3 Å². The molecule has 0 aromatic heterocycles. The fourth-order valence-electron chi connectivity index (χ4n) is 7.61. The van der Waals surface area contributed by atoms with Gasteiger partial charge in [-0.25, -0.2) is 4.79 Å². The zero-order valence-corrected chi connectivity index (χ0v) is 34.6. The van der Waals surface area contributed by atoms with Crippen molar-refractivity contribution in [2.45, 2.75) is 162 Å². The first-order valence-electron chi connectivity index (χ1n) is 20.2. The van der Waals surface area contributed by atoms with Crippen molar-refractivity contribution in [3.05, 3.63) is 12.7 Å². The van der Waals surface area contributed by atoms with E-state index >= 15 is 0 Å². The van der Waals surface area contributed by atoms with Gasteiger partial charge in [0.05, 0.1) is 12.1 Å². The number of carbonyl (C=O) groups is 6. The SMILES string of the molecule is C=CCNC(=O)C(=O)C(CCC1CCC1)NC(=O)[C@@H]1CCCN1C(=O)[C@@H](NC(=O)N[C@H](CN1CCCCC1=O)C(C)(C)C)C1CCCCC1.CCC.[V]. The summed E-state index contributed by atoms with van der Waals surface area (Å²) in [5.74, 6) is -1.68. The third kappa shape index (κ3) is 14.4. The minimum atomic E-state index is -0.977. The standard InChI is InChI=1S/C37H60N6O6.C3H8.V/c1-5-21-38-34(47)32(45)27(20-19-25-13-11-14-25)39-33(46)28-17-12-23-43(28)35(48)31(26-15-7-6-8-16-26)41-36(49)40-29(37(2,3)4)24-42-22-10-9-18-30(42)44;1-3-2;/h5,25-29,31H,1,6-24H2,2-4H3,(H,38,47)(H,39,46)(H2,40,41,49);3H2,1-2H3;/t27?,28-,29+,31-;;/m0../s1. The first kappa shape index (κ1) is 46.3. The van der Waals surface area contributed by atoms with E-state index in [-0.39, 0.29) is 54.3 Å². The van der Waals surface area contributed by atoms with Crippen LogP contribution in [0.2, 0.25) is 0 Å². The summed E-state index contributed by atoms with van der Waals surface area (Å²) in [7, 11) is 0. The molecule has 4 fully saturated rings. The summed E-state index contributed by atoms with van der Waals surface area (Å²) >= 11 is 0. The molecule has 4 atom stereocenters. The molecule has 2 aliphatic carbocycles. The van der Waals surface area contributed by atoms with Crippen LogP contribution in [0, 0.1) is 17.3 Å². The predicted octanol–water partition coefficient (Wildman–Crippen LogP) is 5.00. The Balaban J connectivity index is 0.00000235. The van der Waals surface area contributed by atoms with Crippen LogP contribution >= 0.6 is 0 Å². The second-order valence-electron chi connectivity index (χ2n) is 16.4. The molecular formula is C40H68N6O6V. The maximum absolute atomic E-state index is 14.4. The predicted molar refractivity (Wildman–Crippen MR) is 203 cm³/mol. The molecular weight excluding hydrogens is 711 g/mol. The van der Waals surface area contributed by atoms with Crippen molar-refractivity contribution in [1.29, 1.82) is 0 Å². The van der Waals surface area contributed by atoms with Gasteiger partial charge in [0, 0.05) is 51.2 Å². The Morgan fingerprint density at radius 2 is 1.55 bits per heavy atom. The fraction of sp³-hybridized carbons (Fsp3) is 0.800. The molecule has 2 aliphatic heterocycles. The topological polar surface area (TPSA) is 157 Å². The Morgan fingerprint density at radius 1 is 0.868 bits per heavy atom. The molecule has 1 unspecified atom stereocenters. The van der Waals surface area contributed by atoms with Gasteiger partial charge >= 0.3 is 6.03 Å². The van der Waals surface area contributed by atoms with Crippen LogP contribution in [0.4, 0.5) is 4.79 Å². The Kier molecular flexibility index (Phi) is 20.2. The van der Waals surface area contributed by atoms with Crippen LogP contribution in [-0.2, 0) is 42.5 Å². The number of amides is 6. The monoisotopic (exact) mass is 779 g/mol. The van der Waals surface area contributed by atoms with Gasteiger partial charge in [-0.2, -0.15) is 0 Å². The number of nitrogens with zero attached hydrogens (tertiary/aromatic N) is 2. The number of ketones is 1. The van der Waals surface area contributed by atoms with Crippen molar-refractivity contribution >= 4 is 35.4 Å². The average Bonchev–Trinajstić information content (AvgIpc) is 3.59. The van der Waals surface area contributed by atoms with Crippen molar-refractivity contribution in [1.82, 2.24) is 31.1 Å². The Hall–Kier alpha value is -2.86. The van der Waals surface area contributed by atoms with Gasteiger partial charge < -0.3 is 31.1 Å². The van der Waals surface area contributed by atoms with E-state index < -0.39 is 41.8 Å². The molecule has 6 amide bonds. The van der Waals surface area contributed by atoms with Crippen molar-refractivity contribution in [3.63, 3.8) is 0 Å². The van der Waals surface area contributed by atoms with Gasteiger partial charge in [-0.05, 0) is 68.6 Å². The third-order valence-electron chi connectivity index (χ3n) is 11.0. The molecule has 1 radical (unpaired) electrons. The molecule has 0 aromatic carbocycles. The molecule has 2 saturated heterocycles. The zero-order valence-electron chi connectivity index (χ0n) is 33.2. The van der Waals surface area contributed by atoms with Crippen LogP contribution in [0.3, 0.4) is 0 Å². The zero-order chi connectivity index (χ0) is 38.3. The average molecular weight is 780 g/mol. The van der Waals surface area contributed by atoms with E-state index in [1.54, 1.807) is 4.90 Å². The summed E-state index contributed by atoms with van der Waals surface area (Å²) in [4.78, 5) is 83.5. The molecule has 299 valence electrons. The van der Waals surface area contributed by atoms with E-state index in [9.17, 15) is 28.8 Å². The van der Waals surface area contributed by atoms with Gasteiger partial charge in [0.15, 0.2) is 0 Å². The Morgan fingerprint density at radius 3 is 2.13 bits per heavy atom. The van der Waals surface area contributed by atoms with Crippen LogP contribution in [-0.4, -0.2) is 95.6 Å². The summed E-state index contributed by atoms with van der Waals surface area (Å²) in [5.41, 5.74) is -0.341. The quantitative estimate of drug-likeness (QED) is 0.135. The second-order valence-corrected chi connectivity index (χ2v) is 16.4. The summed E-state index contributed by atoms with van der Waals surface area (Å²) in [6.07, 6.45) is 15.1. The van der Waals surface area contributed by atoms with Crippen molar-refractivity contribution in [3.8, 4) is 0 Å². The Labute approximate surface area is 330 Å².